The molecular formula is C17H23NO2. The summed E-state index contributed by atoms with van der Waals surface area (Å²) < 4.78 is 5.62. The molecule has 0 aliphatic carbocycles. The van der Waals surface area contributed by atoms with Crippen molar-refractivity contribution in [2.24, 2.45) is 0 Å². The van der Waals surface area contributed by atoms with Gasteiger partial charge in [0.1, 0.15) is 5.75 Å². The lowest BCUT2D eigenvalue weighted by Crippen LogP contribution is -2.35. The molecule has 0 bridgehead atoms. The average Bonchev–Trinajstić information content (AvgIpc) is 2.43. The number of ketones is 1. The van der Waals surface area contributed by atoms with Crippen molar-refractivity contribution >= 4 is 11.9 Å². The van der Waals surface area contributed by atoms with Gasteiger partial charge in [-0.3, -0.25) is 9.69 Å². The number of carbonyl (C=O) groups is 1. The topological polar surface area (TPSA) is 29.5 Å². The van der Waals surface area contributed by atoms with Crippen LogP contribution in [-0.4, -0.2) is 36.4 Å². The van der Waals surface area contributed by atoms with Crippen LogP contribution in [0.15, 0.2) is 29.8 Å². The zero-order valence-corrected chi connectivity index (χ0v) is 12.6. The van der Waals surface area contributed by atoms with Crippen molar-refractivity contribution in [3.05, 3.63) is 35.4 Å². The second-order valence-corrected chi connectivity index (χ2v) is 5.45. The molecular weight excluding hydrogens is 250 g/mol. The summed E-state index contributed by atoms with van der Waals surface area (Å²) in [6.45, 7) is 8.79. The Labute approximate surface area is 121 Å². The number of carbonyl (C=O) groups excluding carboxylic acids is 1. The molecule has 0 saturated carbocycles. The molecule has 0 spiro atoms. The standard InChI is InChI=1S/C17H23NO2/c1-4-18-10-9-17(19)15(12-18)11-14-5-7-16(8-6-14)20-13(2)3/h5-8,11,13H,4,9-10,12H2,1-3H3/b15-11+. The predicted molar refractivity (Wildman–Crippen MR) is 81.9 cm³/mol. The number of likely N-dealkylation sites (N-methyl/N-ethyl adjacent to an activating group) is 1. The summed E-state index contributed by atoms with van der Waals surface area (Å²) in [5.41, 5.74) is 1.97. The van der Waals surface area contributed by atoms with Crippen LogP contribution < -0.4 is 4.74 Å². The van der Waals surface area contributed by atoms with E-state index in [2.05, 4.69) is 11.8 Å². The monoisotopic (exact) mass is 273 g/mol. The number of likely N-dealkylation sites (tertiary alicyclic amines) is 1. The minimum atomic E-state index is 0.178. The predicted octanol–water partition coefficient (Wildman–Crippen LogP) is 3.15. The Hall–Kier alpha value is -1.61. The van der Waals surface area contributed by atoms with E-state index in [1.807, 2.05) is 44.2 Å². The summed E-state index contributed by atoms with van der Waals surface area (Å²) >= 11 is 0. The Balaban J connectivity index is 2.10. The molecule has 0 aromatic heterocycles. The van der Waals surface area contributed by atoms with E-state index in [0.717, 1.165) is 36.5 Å². The highest BCUT2D eigenvalue weighted by molar-refractivity contribution is 6.00. The Bertz CT molecular complexity index is 488. The zero-order valence-electron chi connectivity index (χ0n) is 12.6. The fourth-order valence-corrected chi connectivity index (χ4v) is 2.34. The Morgan fingerprint density at radius 2 is 2.00 bits per heavy atom. The van der Waals surface area contributed by atoms with E-state index in [4.69, 9.17) is 4.74 Å². The first-order chi connectivity index (χ1) is 9.58. The third kappa shape index (κ3) is 3.94. The van der Waals surface area contributed by atoms with E-state index in [0.29, 0.717) is 6.42 Å². The lowest BCUT2D eigenvalue weighted by atomic mass is 10.0. The first kappa shape index (κ1) is 14.8. The van der Waals surface area contributed by atoms with Gasteiger partial charge < -0.3 is 4.74 Å². The van der Waals surface area contributed by atoms with Gasteiger partial charge in [-0.15, -0.1) is 0 Å². The lowest BCUT2D eigenvalue weighted by molar-refractivity contribution is -0.117. The van der Waals surface area contributed by atoms with Crippen LogP contribution in [0.2, 0.25) is 0 Å². The van der Waals surface area contributed by atoms with Crippen LogP contribution in [0.5, 0.6) is 5.75 Å². The first-order valence-electron chi connectivity index (χ1n) is 7.31. The maximum Gasteiger partial charge on any atom is 0.161 e. The first-order valence-corrected chi connectivity index (χ1v) is 7.31. The van der Waals surface area contributed by atoms with E-state index < -0.39 is 0 Å². The zero-order chi connectivity index (χ0) is 14.5. The minimum Gasteiger partial charge on any atom is -0.491 e. The molecule has 108 valence electrons. The Morgan fingerprint density at radius 3 is 2.60 bits per heavy atom. The molecule has 0 amide bonds. The summed E-state index contributed by atoms with van der Waals surface area (Å²) in [4.78, 5) is 14.2. The second kappa shape index (κ2) is 6.71. The van der Waals surface area contributed by atoms with Gasteiger partial charge in [0.05, 0.1) is 6.10 Å². The van der Waals surface area contributed by atoms with Gasteiger partial charge in [0.25, 0.3) is 0 Å². The Kier molecular flexibility index (Phi) is 4.96. The van der Waals surface area contributed by atoms with Gasteiger partial charge in [-0.25, -0.2) is 0 Å². The van der Waals surface area contributed by atoms with Crippen molar-refractivity contribution in [3.8, 4) is 5.75 Å². The van der Waals surface area contributed by atoms with Crippen LogP contribution in [-0.2, 0) is 4.79 Å². The number of hydrogen-bond acceptors (Lipinski definition) is 3. The molecule has 3 nitrogen and oxygen atoms in total. The van der Waals surface area contributed by atoms with E-state index in [9.17, 15) is 4.79 Å². The summed E-state index contributed by atoms with van der Waals surface area (Å²) in [6.07, 6.45) is 2.81. The van der Waals surface area contributed by atoms with Gasteiger partial charge in [-0.05, 0) is 44.2 Å². The molecule has 0 radical (unpaired) electrons. The van der Waals surface area contributed by atoms with Crippen LogP contribution in [0.4, 0.5) is 0 Å². The molecule has 0 unspecified atom stereocenters. The molecule has 1 heterocycles. The van der Waals surface area contributed by atoms with Crippen molar-refractivity contribution in [2.75, 3.05) is 19.6 Å². The van der Waals surface area contributed by atoms with Gasteiger partial charge in [0.2, 0.25) is 0 Å². The summed E-state index contributed by atoms with van der Waals surface area (Å²) in [5, 5.41) is 0. The molecule has 1 aromatic carbocycles. The lowest BCUT2D eigenvalue weighted by Gasteiger charge is -2.26. The van der Waals surface area contributed by atoms with Crippen LogP contribution >= 0.6 is 0 Å². The molecule has 3 heteroatoms. The molecule has 1 saturated heterocycles. The van der Waals surface area contributed by atoms with Gasteiger partial charge in [-0.1, -0.05) is 19.1 Å². The second-order valence-electron chi connectivity index (χ2n) is 5.45. The molecule has 20 heavy (non-hydrogen) atoms. The molecule has 2 rings (SSSR count). The van der Waals surface area contributed by atoms with E-state index in [1.165, 1.54) is 0 Å². The highest BCUT2D eigenvalue weighted by Gasteiger charge is 2.19. The van der Waals surface area contributed by atoms with Gasteiger partial charge in [-0.2, -0.15) is 0 Å². The minimum absolute atomic E-state index is 0.178. The number of piperidine rings is 1. The van der Waals surface area contributed by atoms with E-state index in [1.54, 1.807) is 0 Å². The largest absolute Gasteiger partial charge is 0.491 e. The fourth-order valence-electron chi connectivity index (χ4n) is 2.34. The molecule has 1 aliphatic heterocycles. The number of rotatable bonds is 4. The number of nitrogens with zero attached hydrogens (tertiary/aromatic N) is 1. The van der Waals surface area contributed by atoms with E-state index in [-0.39, 0.29) is 11.9 Å². The van der Waals surface area contributed by atoms with Crippen molar-refractivity contribution < 1.29 is 9.53 Å². The number of Topliss-reactive ketones (excluding diaryl/α,β-unsaturated/α-hetero) is 1. The Morgan fingerprint density at radius 1 is 1.30 bits per heavy atom. The van der Waals surface area contributed by atoms with Crippen LogP contribution in [0.1, 0.15) is 32.8 Å². The van der Waals surface area contributed by atoms with Crippen LogP contribution in [0, 0.1) is 0 Å². The smallest absolute Gasteiger partial charge is 0.161 e. The maximum atomic E-state index is 12.0. The quantitative estimate of drug-likeness (QED) is 0.789. The number of benzene rings is 1. The van der Waals surface area contributed by atoms with Crippen LogP contribution in [0.25, 0.3) is 6.08 Å². The van der Waals surface area contributed by atoms with Crippen molar-refractivity contribution in [1.29, 1.82) is 0 Å². The van der Waals surface area contributed by atoms with Gasteiger partial charge in [0.15, 0.2) is 5.78 Å². The fraction of sp³-hybridized carbons (Fsp3) is 0.471. The third-order valence-corrected chi connectivity index (χ3v) is 3.45. The number of hydrogen-bond donors (Lipinski definition) is 0. The van der Waals surface area contributed by atoms with Crippen molar-refractivity contribution in [2.45, 2.75) is 33.3 Å². The summed E-state index contributed by atoms with van der Waals surface area (Å²) in [5.74, 6) is 1.14. The summed E-state index contributed by atoms with van der Waals surface area (Å²) in [6, 6.07) is 7.92. The average molecular weight is 273 g/mol. The molecule has 0 N–H and O–H groups in total. The van der Waals surface area contributed by atoms with Crippen molar-refractivity contribution in [3.63, 3.8) is 0 Å². The highest BCUT2D eigenvalue weighted by atomic mass is 16.5. The van der Waals surface area contributed by atoms with E-state index >= 15 is 0 Å². The normalized spacial score (nSPS) is 18.8. The number of ether oxygens (including phenoxy) is 1. The van der Waals surface area contributed by atoms with Crippen LogP contribution in [0.3, 0.4) is 0 Å². The SMILES string of the molecule is CCN1CCC(=O)/C(=C/c2ccc(OC(C)C)cc2)C1. The highest BCUT2D eigenvalue weighted by Crippen LogP contribution is 2.19. The van der Waals surface area contributed by atoms with Crippen molar-refractivity contribution in [1.82, 2.24) is 4.90 Å². The third-order valence-electron chi connectivity index (χ3n) is 3.45. The molecule has 1 aliphatic rings. The summed E-state index contributed by atoms with van der Waals surface area (Å²) in [7, 11) is 0. The molecule has 1 aromatic rings. The molecule has 1 fully saturated rings. The maximum absolute atomic E-state index is 12.0. The molecule has 0 atom stereocenters. The van der Waals surface area contributed by atoms with Gasteiger partial charge in [0, 0.05) is 25.1 Å². The van der Waals surface area contributed by atoms with Gasteiger partial charge >= 0.3 is 0 Å².